The third-order valence-corrected chi connectivity index (χ3v) is 5.46. The van der Waals surface area contributed by atoms with E-state index in [-0.39, 0.29) is 17.4 Å². The molecule has 1 aromatic heterocycles. The molecule has 0 aromatic carbocycles. The number of ether oxygens (including phenoxy) is 1. The zero-order valence-electron chi connectivity index (χ0n) is 13.4. The molecule has 116 valence electrons. The zero-order valence-corrected chi connectivity index (χ0v) is 13.4. The summed E-state index contributed by atoms with van der Waals surface area (Å²) in [5.41, 5.74) is 0.751. The minimum Gasteiger partial charge on any atom is -0.381 e. The molecule has 5 nitrogen and oxygen atoms in total. The Morgan fingerprint density at radius 2 is 2.24 bits per heavy atom. The van der Waals surface area contributed by atoms with E-state index in [1.165, 1.54) is 19.3 Å². The van der Waals surface area contributed by atoms with Gasteiger partial charge in [-0.25, -0.2) is 0 Å². The first kappa shape index (κ1) is 14.6. The van der Waals surface area contributed by atoms with Gasteiger partial charge in [0.05, 0.1) is 6.10 Å². The van der Waals surface area contributed by atoms with E-state index in [1.54, 1.807) is 7.11 Å². The first-order valence-electron chi connectivity index (χ1n) is 7.84. The number of aromatic nitrogens is 2. The van der Waals surface area contributed by atoms with Crippen LogP contribution in [0, 0.1) is 5.41 Å². The molecule has 1 heterocycles. The van der Waals surface area contributed by atoms with Gasteiger partial charge in [-0.15, -0.1) is 0 Å². The summed E-state index contributed by atoms with van der Waals surface area (Å²) in [6.45, 7) is 4.12. The highest BCUT2D eigenvalue weighted by molar-refractivity contribution is 5.92. The molecule has 2 fully saturated rings. The molecule has 0 radical (unpaired) electrons. The molecule has 0 unspecified atom stereocenters. The molecule has 5 heteroatoms. The lowest BCUT2D eigenvalue weighted by atomic mass is 9.50. The second kappa shape index (κ2) is 5.13. The van der Waals surface area contributed by atoms with E-state index in [9.17, 15) is 4.79 Å². The average molecular weight is 291 g/mol. The molecule has 0 N–H and O–H groups in total. The van der Waals surface area contributed by atoms with Gasteiger partial charge < -0.3 is 9.64 Å². The third-order valence-electron chi connectivity index (χ3n) is 5.46. The molecule has 0 aliphatic heterocycles. The first-order chi connectivity index (χ1) is 9.99. The van der Waals surface area contributed by atoms with Crippen molar-refractivity contribution in [3.63, 3.8) is 0 Å². The van der Waals surface area contributed by atoms with Crippen molar-refractivity contribution in [2.45, 2.75) is 57.7 Å². The maximum atomic E-state index is 12.6. The molecule has 1 amide bonds. The van der Waals surface area contributed by atoms with Crippen LogP contribution in [0.15, 0.2) is 12.3 Å². The van der Waals surface area contributed by atoms with Crippen LogP contribution in [-0.2, 0) is 4.74 Å². The SMILES string of the molecule is CO[C@@H]1C[C@@H](N(C)C(=O)c2ccn(C(C)C)n2)C12CCC2. The summed E-state index contributed by atoms with van der Waals surface area (Å²) in [6, 6.07) is 2.39. The Balaban J connectivity index is 1.73. The van der Waals surface area contributed by atoms with Crippen LogP contribution in [-0.4, -0.2) is 46.9 Å². The molecule has 2 saturated carbocycles. The fraction of sp³-hybridized carbons (Fsp3) is 0.750. The lowest BCUT2D eigenvalue weighted by Crippen LogP contribution is -2.67. The number of rotatable bonds is 4. The van der Waals surface area contributed by atoms with E-state index in [0.29, 0.717) is 17.8 Å². The number of nitrogens with zero attached hydrogens (tertiary/aromatic N) is 3. The molecule has 2 aliphatic rings. The van der Waals surface area contributed by atoms with Crippen molar-refractivity contribution in [2.75, 3.05) is 14.2 Å². The minimum absolute atomic E-state index is 0.0280. The fourth-order valence-corrected chi connectivity index (χ4v) is 3.90. The monoisotopic (exact) mass is 291 g/mol. The molecule has 0 saturated heterocycles. The summed E-state index contributed by atoms with van der Waals surface area (Å²) in [5.74, 6) is 0.0280. The number of methoxy groups -OCH3 is 1. The van der Waals surface area contributed by atoms with E-state index in [4.69, 9.17) is 4.74 Å². The van der Waals surface area contributed by atoms with Gasteiger partial charge in [0.15, 0.2) is 0 Å². The number of amides is 1. The first-order valence-corrected chi connectivity index (χ1v) is 7.84. The second-order valence-corrected chi connectivity index (χ2v) is 6.75. The highest BCUT2D eigenvalue weighted by Crippen LogP contribution is 2.58. The Morgan fingerprint density at radius 3 is 2.71 bits per heavy atom. The van der Waals surface area contributed by atoms with Crippen molar-refractivity contribution in [2.24, 2.45) is 5.41 Å². The van der Waals surface area contributed by atoms with Gasteiger partial charge in [-0.2, -0.15) is 5.10 Å². The molecule has 1 aromatic rings. The quantitative estimate of drug-likeness (QED) is 0.856. The summed E-state index contributed by atoms with van der Waals surface area (Å²) in [4.78, 5) is 14.5. The van der Waals surface area contributed by atoms with Gasteiger partial charge >= 0.3 is 0 Å². The van der Waals surface area contributed by atoms with Crippen molar-refractivity contribution in [3.05, 3.63) is 18.0 Å². The lowest BCUT2D eigenvalue weighted by molar-refractivity contribution is -0.182. The molecular formula is C16H25N3O2. The van der Waals surface area contributed by atoms with Gasteiger partial charge in [-0.1, -0.05) is 6.42 Å². The number of hydrogen-bond donors (Lipinski definition) is 0. The van der Waals surface area contributed by atoms with Crippen molar-refractivity contribution in [1.82, 2.24) is 14.7 Å². The Labute approximate surface area is 126 Å². The molecule has 2 atom stereocenters. The van der Waals surface area contributed by atoms with Crippen molar-refractivity contribution < 1.29 is 9.53 Å². The molecule has 1 spiro atoms. The van der Waals surface area contributed by atoms with Gasteiger partial charge in [0.1, 0.15) is 5.69 Å². The zero-order chi connectivity index (χ0) is 15.2. The van der Waals surface area contributed by atoms with E-state index in [2.05, 4.69) is 18.9 Å². The Hall–Kier alpha value is -1.36. The minimum atomic E-state index is 0.0280. The summed E-state index contributed by atoms with van der Waals surface area (Å²) < 4.78 is 7.42. The average Bonchev–Trinajstić information content (AvgIpc) is 2.84. The topological polar surface area (TPSA) is 47.4 Å². The van der Waals surface area contributed by atoms with E-state index in [0.717, 1.165) is 6.42 Å². The smallest absolute Gasteiger partial charge is 0.274 e. The van der Waals surface area contributed by atoms with Crippen LogP contribution in [0.5, 0.6) is 0 Å². The fourth-order valence-electron chi connectivity index (χ4n) is 3.90. The van der Waals surface area contributed by atoms with Crippen molar-refractivity contribution in [1.29, 1.82) is 0 Å². The maximum Gasteiger partial charge on any atom is 0.274 e. The molecule has 3 rings (SSSR count). The lowest BCUT2D eigenvalue weighted by Gasteiger charge is -2.62. The molecular weight excluding hydrogens is 266 g/mol. The highest BCUT2D eigenvalue weighted by Gasteiger charge is 2.60. The summed E-state index contributed by atoms with van der Waals surface area (Å²) in [7, 11) is 3.69. The third kappa shape index (κ3) is 2.09. The van der Waals surface area contributed by atoms with Gasteiger partial charge in [0.25, 0.3) is 5.91 Å². The van der Waals surface area contributed by atoms with Crippen molar-refractivity contribution in [3.8, 4) is 0 Å². The van der Waals surface area contributed by atoms with Gasteiger partial charge in [-0.3, -0.25) is 9.48 Å². The van der Waals surface area contributed by atoms with Crippen LogP contribution in [0.1, 0.15) is 56.1 Å². The van der Waals surface area contributed by atoms with E-state index >= 15 is 0 Å². The van der Waals surface area contributed by atoms with Crippen LogP contribution >= 0.6 is 0 Å². The number of carbonyl (C=O) groups is 1. The largest absolute Gasteiger partial charge is 0.381 e. The van der Waals surface area contributed by atoms with E-state index in [1.807, 2.05) is 28.9 Å². The Kier molecular flexibility index (Phi) is 3.56. The summed E-state index contributed by atoms with van der Waals surface area (Å²) in [6.07, 6.45) is 6.75. The molecule has 21 heavy (non-hydrogen) atoms. The summed E-state index contributed by atoms with van der Waals surface area (Å²) >= 11 is 0. The normalized spacial score (nSPS) is 26.5. The number of carbonyl (C=O) groups excluding carboxylic acids is 1. The van der Waals surface area contributed by atoms with Crippen molar-refractivity contribution >= 4 is 5.91 Å². The van der Waals surface area contributed by atoms with Crippen LogP contribution in [0.4, 0.5) is 0 Å². The molecule has 0 bridgehead atoms. The number of hydrogen-bond acceptors (Lipinski definition) is 3. The second-order valence-electron chi connectivity index (χ2n) is 6.75. The Bertz CT molecular complexity index is 533. The van der Waals surface area contributed by atoms with Crippen LogP contribution in [0.25, 0.3) is 0 Å². The van der Waals surface area contributed by atoms with Crippen LogP contribution in [0.2, 0.25) is 0 Å². The van der Waals surface area contributed by atoms with Crippen LogP contribution in [0.3, 0.4) is 0 Å². The van der Waals surface area contributed by atoms with Gasteiger partial charge in [0.2, 0.25) is 0 Å². The van der Waals surface area contributed by atoms with E-state index < -0.39 is 0 Å². The Morgan fingerprint density at radius 1 is 1.52 bits per heavy atom. The highest BCUT2D eigenvalue weighted by atomic mass is 16.5. The van der Waals surface area contributed by atoms with Crippen LogP contribution < -0.4 is 0 Å². The standard InChI is InChI=1S/C16H25N3O2/c1-11(2)19-9-6-12(17-19)15(20)18(3)13-10-14(21-4)16(13)7-5-8-16/h6,9,11,13-14H,5,7-8,10H2,1-4H3/t13-,14-/m1/s1. The van der Waals surface area contributed by atoms with Gasteiger partial charge in [0, 0.05) is 37.9 Å². The van der Waals surface area contributed by atoms with Gasteiger partial charge in [-0.05, 0) is 39.2 Å². The predicted octanol–water partition coefficient (Wildman–Crippen LogP) is 2.49. The maximum absolute atomic E-state index is 12.6. The summed E-state index contributed by atoms with van der Waals surface area (Å²) in [5, 5.41) is 4.40. The molecule has 2 aliphatic carbocycles. The predicted molar refractivity (Wildman–Crippen MR) is 80.2 cm³/mol.